The molecule has 0 aromatic heterocycles. The van der Waals surface area contributed by atoms with Gasteiger partial charge in [0.15, 0.2) is 0 Å². The van der Waals surface area contributed by atoms with Crippen LogP contribution >= 0.6 is 0 Å². The van der Waals surface area contributed by atoms with Crippen LogP contribution in [0.15, 0.2) is 0 Å². The topological polar surface area (TPSA) is 55.6 Å². The van der Waals surface area contributed by atoms with Crippen molar-refractivity contribution in [3.63, 3.8) is 0 Å². The summed E-state index contributed by atoms with van der Waals surface area (Å²) in [6.07, 6.45) is 2.01. The van der Waals surface area contributed by atoms with Crippen LogP contribution in [-0.4, -0.2) is 44.2 Å². The average Bonchev–Trinajstić information content (AvgIpc) is 2.15. The minimum Gasteiger partial charge on any atom is -0.383 e. The molecule has 1 saturated heterocycles. The molecule has 1 amide bonds. The van der Waals surface area contributed by atoms with E-state index < -0.39 is 0 Å². The number of nitrogens with zero attached hydrogens (tertiary/aromatic N) is 1. The van der Waals surface area contributed by atoms with Crippen molar-refractivity contribution in [2.75, 3.05) is 33.4 Å². The fourth-order valence-corrected chi connectivity index (χ4v) is 1.71. The van der Waals surface area contributed by atoms with Gasteiger partial charge in [0.25, 0.3) is 0 Å². The van der Waals surface area contributed by atoms with Crippen LogP contribution in [0.5, 0.6) is 0 Å². The van der Waals surface area contributed by atoms with Crippen molar-refractivity contribution in [3.8, 4) is 0 Å². The fraction of sp³-hybridized carbons (Fsp3) is 0.889. The standard InChI is InChI=1S/C9H18N2O2/c1-13-6-5-11-4-2-3-8(7-11)9(10)12/h8H,2-7H2,1H3,(H2,10,12)/t8-/m1/s1. The molecular weight excluding hydrogens is 168 g/mol. The lowest BCUT2D eigenvalue weighted by Crippen LogP contribution is -2.42. The van der Waals surface area contributed by atoms with Crippen molar-refractivity contribution in [3.05, 3.63) is 0 Å². The molecule has 0 unspecified atom stereocenters. The van der Waals surface area contributed by atoms with Gasteiger partial charge >= 0.3 is 0 Å². The van der Waals surface area contributed by atoms with Crippen molar-refractivity contribution in [1.29, 1.82) is 0 Å². The summed E-state index contributed by atoms with van der Waals surface area (Å²) >= 11 is 0. The molecule has 0 aromatic rings. The lowest BCUT2D eigenvalue weighted by Gasteiger charge is -2.30. The van der Waals surface area contributed by atoms with E-state index in [0.29, 0.717) is 0 Å². The van der Waals surface area contributed by atoms with Gasteiger partial charge in [0.2, 0.25) is 5.91 Å². The van der Waals surface area contributed by atoms with Crippen LogP contribution in [0, 0.1) is 5.92 Å². The van der Waals surface area contributed by atoms with E-state index in [1.807, 2.05) is 0 Å². The second-order valence-electron chi connectivity index (χ2n) is 3.53. The molecule has 0 radical (unpaired) electrons. The molecule has 13 heavy (non-hydrogen) atoms. The van der Waals surface area contributed by atoms with E-state index in [-0.39, 0.29) is 11.8 Å². The first-order valence-corrected chi connectivity index (χ1v) is 4.74. The summed E-state index contributed by atoms with van der Waals surface area (Å²) in [5.74, 6) is -0.118. The lowest BCUT2D eigenvalue weighted by molar-refractivity contribution is -0.123. The SMILES string of the molecule is COCCN1CCC[C@@H](C(N)=O)C1. The first-order chi connectivity index (χ1) is 6.24. The molecule has 1 fully saturated rings. The molecule has 1 rings (SSSR count). The first-order valence-electron chi connectivity index (χ1n) is 4.74. The van der Waals surface area contributed by atoms with Crippen molar-refractivity contribution in [2.24, 2.45) is 11.7 Å². The predicted octanol–water partition coefficient (Wildman–Crippen LogP) is -0.170. The highest BCUT2D eigenvalue weighted by Crippen LogP contribution is 2.15. The Hall–Kier alpha value is -0.610. The number of nitrogens with two attached hydrogens (primary N) is 1. The van der Waals surface area contributed by atoms with Crippen LogP contribution in [0.25, 0.3) is 0 Å². The van der Waals surface area contributed by atoms with Gasteiger partial charge in [0.1, 0.15) is 0 Å². The number of likely N-dealkylation sites (tertiary alicyclic amines) is 1. The van der Waals surface area contributed by atoms with Crippen LogP contribution in [-0.2, 0) is 9.53 Å². The third-order valence-corrected chi connectivity index (χ3v) is 2.52. The van der Waals surface area contributed by atoms with E-state index in [1.54, 1.807) is 7.11 Å². The summed E-state index contributed by atoms with van der Waals surface area (Å²) in [4.78, 5) is 13.2. The summed E-state index contributed by atoms with van der Waals surface area (Å²) in [7, 11) is 1.69. The number of hydrogen-bond donors (Lipinski definition) is 1. The van der Waals surface area contributed by atoms with E-state index in [4.69, 9.17) is 10.5 Å². The molecule has 0 aliphatic carbocycles. The molecule has 1 aliphatic rings. The molecule has 1 heterocycles. The van der Waals surface area contributed by atoms with Gasteiger partial charge < -0.3 is 15.4 Å². The molecule has 76 valence electrons. The fourth-order valence-electron chi connectivity index (χ4n) is 1.71. The normalized spacial score (nSPS) is 24.5. The van der Waals surface area contributed by atoms with Gasteiger partial charge in [-0.15, -0.1) is 0 Å². The van der Waals surface area contributed by atoms with Crippen LogP contribution in [0.3, 0.4) is 0 Å². The number of carbonyl (C=O) groups is 1. The quantitative estimate of drug-likeness (QED) is 0.663. The van der Waals surface area contributed by atoms with E-state index in [9.17, 15) is 4.79 Å². The van der Waals surface area contributed by atoms with E-state index in [0.717, 1.165) is 39.1 Å². The minimum atomic E-state index is -0.165. The van der Waals surface area contributed by atoms with Gasteiger partial charge in [-0.1, -0.05) is 0 Å². The average molecular weight is 186 g/mol. The Morgan fingerprint density at radius 1 is 1.69 bits per heavy atom. The first kappa shape index (κ1) is 10.5. The number of carbonyl (C=O) groups excluding carboxylic acids is 1. The number of amides is 1. The smallest absolute Gasteiger partial charge is 0.221 e. The third-order valence-electron chi connectivity index (χ3n) is 2.52. The number of rotatable bonds is 4. The van der Waals surface area contributed by atoms with Crippen LogP contribution in [0.1, 0.15) is 12.8 Å². The van der Waals surface area contributed by atoms with Crippen LogP contribution < -0.4 is 5.73 Å². The van der Waals surface area contributed by atoms with Gasteiger partial charge in [0.05, 0.1) is 12.5 Å². The highest BCUT2D eigenvalue weighted by Gasteiger charge is 2.23. The summed E-state index contributed by atoms with van der Waals surface area (Å²) in [5.41, 5.74) is 5.26. The molecular formula is C9H18N2O2. The minimum absolute atomic E-state index is 0.0469. The van der Waals surface area contributed by atoms with Crippen molar-refractivity contribution in [2.45, 2.75) is 12.8 Å². The number of methoxy groups -OCH3 is 1. The summed E-state index contributed by atoms with van der Waals surface area (Å²) in [5, 5.41) is 0. The largest absolute Gasteiger partial charge is 0.383 e. The second-order valence-corrected chi connectivity index (χ2v) is 3.53. The number of primary amides is 1. The zero-order valence-corrected chi connectivity index (χ0v) is 8.16. The van der Waals surface area contributed by atoms with Gasteiger partial charge in [0, 0.05) is 20.2 Å². The van der Waals surface area contributed by atoms with Gasteiger partial charge in [-0.3, -0.25) is 4.79 Å². The Kier molecular flexibility index (Phi) is 4.18. The number of piperidine rings is 1. The molecule has 2 N–H and O–H groups in total. The zero-order chi connectivity index (χ0) is 9.68. The molecule has 1 aliphatic heterocycles. The van der Waals surface area contributed by atoms with Gasteiger partial charge in [-0.25, -0.2) is 0 Å². The molecule has 0 aromatic carbocycles. The maximum Gasteiger partial charge on any atom is 0.221 e. The highest BCUT2D eigenvalue weighted by molar-refractivity contribution is 5.76. The van der Waals surface area contributed by atoms with Crippen molar-refractivity contribution < 1.29 is 9.53 Å². The van der Waals surface area contributed by atoms with E-state index in [1.165, 1.54) is 0 Å². The Balaban J connectivity index is 2.29. The summed E-state index contributed by atoms with van der Waals surface area (Å²) in [6.45, 7) is 3.50. The van der Waals surface area contributed by atoms with Gasteiger partial charge in [-0.05, 0) is 19.4 Å². The molecule has 0 spiro atoms. The maximum absolute atomic E-state index is 10.9. The lowest BCUT2D eigenvalue weighted by atomic mass is 9.98. The Bertz CT molecular complexity index is 173. The summed E-state index contributed by atoms with van der Waals surface area (Å²) in [6, 6.07) is 0. The zero-order valence-electron chi connectivity index (χ0n) is 8.16. The Morgan fingerprint density at radius 3 is 3.08 bits per heavy atom. The highest BCUT2D eigenvalue weighted by atomic mass is 16.5. The van der Waals surface area contributed by atoms with E-state index in [2.05, 4.69) is 4.90 Å². The van der Waals surface area contributed by atoms with Crippen molar-refractivity contribution >= 4 is 5.91 Å². The molecule has 4 nitrogen and oxygen atoms in total. The Morgan fingerprint density at radius 2 is 2.46 bits per heavy atom. The Labute approximate surface area is 79.0 Å². The number of hydrogen-bond acceptors (Lipinski definition) is 3. The van der Waals surface area contributed by atoms with Crippen LogP contribution in [0.4, 0.5) is 0 Å². The molecule has 4 heteroatoms. The summed E-state index contributed by atoms with van der Waals surface area (Å²) < 4.78 is 4.98. The van der Waals surface area contributed by atoms with Crippen molar-refractivity contribution in [1.82, 2.24) is 4.90 Å². The number of ether oxygens (including phenoxy) is 1. The monoisotopic (exact) mass is 186 g/mol. The second kappa shape index (κ2) is 5.19. The molecule has 0 saturated carbocycles. The molecule has 0 bridgehead atoms. The predicted molar refractivity (Wildman–Crippen MR) is 50.2 cm³/mol. The maximum atomic E-state index is 10.9. The van der Waals surface area contributed by atoms with Crippen LogP contribution in [0.2, 0.25) is 0 Å². The van der Waals surface area contributed by atoms with Gasteiger partial charge in [-0.2, -0.15) is 0 Å². The van der Waals surface area contributed by atoms with E-state index >= 15 is 0 Å². The third kappa shape index (κ3) is 3.32. The molecule has 1 atom stereocenters.